The quantitative estimate of drug-likeness (QED) is 0.796. The number of pyridine rings is 1. The first-order chi connectivity index (χ1) is 13.5. The highest BCUT2D eigenvalue weighted by Crippen LogP contribution is 2.38. The van der Waals surface area contributed by atoms with E-state index in [1.54, 1.807) is 18.3 Å². The molecule has 1 N–H and O–H groups in total. The maximum Gasteiger partial charge on any atom is 0.238 e. The number of halogens is 2. The molecule has 0 saturated carbocycles. The Morgan fingerprint density at radius 1 is 1.14 bits per heavy atom. The van der Waals surface area contributed by atoms with E-state index in [2.05, 4.69) is 15.2 Å². The molecule has 2 aromatic rings. The fraction of sp³-hybridized carbons (Fsp3) is 0.316. The third-order valence-corrected chi connectivity index (χ3v) is 6.52. The molecule has 1 atom stereocenters. The van der Waals surface area contributed by atoms with Crippen molar-refractivity contribution in [3.63, 3.8) is 0 Å². The van der Waals surface area contributed by atoms with E-state index in [9.17, 15) is 9.59 Å². The minimum Gasteiger partial charge on any atom is -0.353 e. The number of benzene rings is 1. The van der Waals surface area contributed by atoms with Crippen LogP contribution in [0.3, 0.4) is 0 Å². The van der Waals surface area contributed by atoms with Crippen molar-refractivity contribution < 1.29 is 9.59 Å². The van der Waals surface area contributed by atoms with Gasteiger partial charge < -0.3 is 15.1 Å². The molecule has 3 heterocycles. The Morgan fingerprint density at radius 3 is 2.61 bits per heavy atom. The lowest BCUT2D eigenvalue weighted by Crippen LogP contribution is -2.50. The van der Waals surface area contributed by atoms with Crippen LogP contribution in [0.4, 0.5) is 11.5 Å². The third kappa shape index (κ3) is 4.21. The molecular formula is C19H18Cl2N4O2S. The summed E-state index contributed by atoms with van der Waals surface area (Å²) in [5, 5.41) is 3.59. The van der Waals surface area contributed by atoms with Crippen LogP contribution in [0.1, 0.15) is 6.42 Å². The van der Waals surface area contributed by atoms with Gasteiger partial charge in [0.2, 0.25) is 11.8 Å². The zero-order valence-electron chi connectivity index (χ0n) is 14.9. The van der Waals surface area contributed by atoms with Gasteiger partial charge in [0.1, 0.15) is 5.82 Å². The molecule has 1 saturated heterocycles. The monoisotopic (exact) mass is 436 g/mol. The maximum absolute atomic E-state index is 12.7. The summed E-state index contributed by atoms with van der Waals surface area (Å²) in [5.74, 6) is 0.694. The molecule has 146 valence electrons. The zero-order valence-corrected chi connectivity index (χ0v) is 17.2. The lowest BCUT2D eigenvalue weighted by atomic mass is 10.2. The summed E-state index contributed by atoms with van der Waals surface area (Å²) in [5.41, 5.74) is 0.704. The predicted molar refractivity (Wildman–Crippen MR) is 112 cm³/mol. The minimum absolute atomic E-state index is 0.00576. The number of hydrogen-bond donors (Lipinski definition) is 1. The zero-order chi connectivity index (χ0) is 19.7. The Balaban J connectivity index is 1.34. The van der Waals surface area contributed by atoms with Gasteiger partial charge in [-0.3, -0.25) is 9.59 Å². The third-order valence-electron chi connectivity index (χ3n) is 4.79. The molecule has 0 radical (unpaired) electrons. The summed E-state index contributed by atoms with van der Waals surface area (Å²) in [7, 11) is 0. The van der Waals surface area contributed by atoms with E-state index in [1.165, 1.54) is 11.8 Å². The molecule has 4 rings (SSSR count). The second kappa shape index (κ2) is 8.19. The highest BCUT2D eigenvalue weighted by atomic mass is 35.5. The van der Waals surface area contributed by atoms with Gasteiger partial charge in [0.25, 0.3) is 0 Å². The molecule has 2 aliphatic heterocycles. The standard InChI is InChI=1S/C19H18Cl2N4O2S/c20-12-1-3-15-14(9-12)23-19(27)16(28-15)10-18(26)25-7-5-24(6-8-25)17-4-2-13(21)11-22-17/h1-4,9,11,16H,5-8,10H2,(H,23,27). The van der Waals surface area contributed by atoms with Gasteiger partial charge in [0, 0.05) is 48.7 Å². The summed E-state index contributed by atoms with van der Waals surface area (Å²) in [6, 6.07) is 9.08. The van der Waals surface area contributed by atoms with Gasteiger partial charge in [-0.15, -0.1) is 11.8 Å². The van der Waals surface area contributed by atoms with E-state index < -0.39 is 5.25 Å². The Kier molecular flexibility index (Phi) is 5.66. The van der Waals surface area contributed by atoms with Crippen molar-refractivity contribution in [3.05, 3.63) is 46.6 Å². The maximum atomic E-state index is 12.7. The smallest absolute Gasteiger partial charge is 0.238 e. The van der Waals surface area contributed by atoms with Crippen LogP contribution < -0.4 is 10.2 Å². The fourth-order valence-electron chi connectivity index (χ4n) is 3.28. The molecule has 2 amide bonds. The highest BCUT2D eigenvalue weighted by molar-refractivity contribution is 8.01. The van der Waals surface area contributed by atoms with Crippen LogP contribution >= 0.6 is 35.0 Å². The number of thioether (sulfide) groups is 1. The van der Waals surface area contributed by atoms with E-state index in [4.69, 9.17) is 23.2 Å². The highest BCUT2D eigenvalue weighted by Gasteiger charge is 2.31. The number of fused-ring (bicyclic) bond motifs is 1. The number of piperazine rings is 1. The van der Waals surface area contributed by atoms with E-state index in [0.29, 0.717) is 41.9 Å². The average Bonchev–Trinajstić information content (AvgIpc) is 2.69. The van der Waals surface area contributed by atoms with Crippen LogP contribution in [-0.2, 0) is 9.59 Å². The van der Waals surface area contributed by atoms with E-state index in [0.717, 1.165) is 10.7 Å². The van der Waals surface area contributed by atoms with Crippen LogP contribution in [-0.4, -0.2) is 53.1 Å². The van der Waals surface area contributed by atoms with Crippen molar-refractivity contribution >= 4 is 58.3 Å². The number of carbonyl (C=O) groups excluding carboxylic acids is 2. The summed E-state index contributed by atoms with van der Waals surface area (Å²) >= 11 is 13.3. The molecule has 1 unspecified atom stereocenters. The van der Waals surface area contributed by atoms with Gasteiger partial charge >= 0.3 is 0 Å². The van der Waals surface area contributed by atoms with E-state index in [-0.39, 0.29) is 18.2 Å². The van der Waals surface area contributed by atoms with Crippen molar-refractivity contribution in [1.82, 2.24) is 9.88 Å². The van der Waals surface area contributed by atoms with Crippen molar-refractivity contribution in [2.75, 3.05) is 36.4 Å². The predicted octanol–water partition coefficient (Wildman–Crippen LogP) is 3.54. The Labute approximate surface area is 177 Å². The number of nitrogens with zero attached hydrogens (tertiary/aromatic N) is 3. The molecule has 1 aromatic heterocycles. The average molecular weight is 437 g/mol. The molecular weight excluding hydrogens is 419 g/mol. The Morgan fingerprint density at radius 2 is 1.89 bits per heavy atom. The van der Waals surface area contributed by atoms with Crippen LogP contribution in [0, 0.1) is 0 Å². The number of nitrogens with one attached hydrogen (secondary N) is 1. The van der Waals surface area contributed by atoms with Crippen molar-refractivity contribution in [3.8, 4) is 0 Å². The molecule has 1 aromatic carbocycles. The molecule has 2 aliphatic rings. The summed E-state index contributed by atoms with van der Waals surface area (Å²) in [6.45, 7) is 2.61. The molecule has 1 fully saturated rings. The molecule has 9 heteroatoms. The molecule has 6 nitrogen and oxygen atoms in total. The van der Waals surface area contributed by atoms with Crippen molar-refractivity contribution in [2.24, 2.45) is 0 Å². The number of amides is 2. The van der Waals surface area contributed by atoms with Gasteiger partial charge in [-0.05, 0) is 30.3 Å². The van der Waals surface area contributed by atoms with Gasteiger partial charge in [0.15, 0.2) is 0 Å². The number of rotatable bonds is 3. The molecule has 0 aliphatic carbocycles. The molecule has 0 bridgehead atoms. The van der Waals surface area contributed by atoms with Crippen LogP contribution in [0.15, 0.2) is 41.4 Å². The number of hydrogen-bond acceptors (Lipinski definition) is 5. The number of aromatic nitrogens is 1. The number of carbonyl (C=O) groups is 2. The summed E-state index contributed by atoms with van der Waals surface area (Å²) < 4.78 is 0. The van der Waals surface area contributed by atoms with Gasteiger partial charge in [0.05, 0.1) is 16.0 Å². The van der Waals surface area contributed by atoms with Gasteiger partial charge in [-0.1, -0.05) is 23.2 Å². The fourth-order valence-corrected chi connectivity index (χ4v) is 4.65. The number of anilines is 2. The normalized spacial score (nSPS) is 19.2. The Hall–Kier alpha value is -1.96. The van der Waals surface area contributed by atoms with Gasteiger partial charge in [-0.2, -0.15) is 0 Å². The molecule has 0 spiro atoms. The van der Waals surface area contributed by atoms with Crippen molar-refractivity contribution in [2.45, 2.75) is 16.6 Å². The van der Waals surface area contributed by atoms with Crippen LogP contribution in [0.25, 0.3) is 0 Å². The van der Waals surface area contributed by atoms with Gasteiger partial charge in [-0.25, -0.2) is 4.98 Å². The SMILES string of the molecule is O=C1Nc2cc(Cl)ccc2SC1CC(=O)N1CCN(c2ccc(Cl)cn2)CC1. The van der Waals surface area contributed by atoms with Crippen LogP contribution in [0.5, 0.6) is 0 Å². The van der Waals surface area contributed by atoms with E-state index >= 15 is 0 Å². The molecule has 28 heavy (non-hydrogen) atoms. The first-order valence-corrected chi connectivity index (χ1v) is 10.5. The van der Waals surface area contributed by atoms with Crippen molar-refractivity contribution in [1.29, 1.82) is 0 Å². The first-order valence-electron chi connectivity index (χ1n) is 8.91. The summed E-state index contributed by atoms with van der Waals surface area (Å²) in [4.78, 5) is 34.3. The second-order valence-corrected chi connectivity index (χ2v) is 8.76. The summed E-state index contributed by atoms with van der Waals surface area (Å²) in [6.07, 6.45) is 1.80. The minimum atomic E-state index is -0.433. The lowest BCUT2D eigenvalue weighted by molar-refractivity contribution is -0.132. The second-order valence-electron chi connectivity index (χ2n) is 6.64. The largest absolute Gasteiger partial charge is 0.353 e. The topological polar surface area (TPSA) is 65.5 Å². The Bertz CT molecular complexity index is 901. The first kappa shape index (κ1) is 19.4. The van der Waals surface area contributed by atoms with E-state index in [1.807, 2.05) is 23.1 Å². The van der Waals surface area contributed by atoms with Crippen LogP contribution in [0.2, 0.25) is 10.0 Å². The lowest BCUT2D eigenvalue weighted by Gasteiger charge is -2.36.